The Kier molecular flexibility index (Phi) is 5.47. The maximum Gasteiger partial charge on any atom is 0.191 e. The topological polar surface area (TPSA) is 129 Å². The second-order valence-electron chi connectivity index (χ2n) is 9.80. The monoisotopic (exact) mass is 504 g/mol. The van der Waals surface area contributed by atoms with Crippen LogP contribution in [0, 0.1) is 23.0 Å². The lowest BCUT2D eigenvalue weighted by Gasteiger charge is -2.22. The van der Waals surface area contributed by atoms with Gasteiger partial charge in [-0.1, -0.05) is 30.0 Å². The van der Waals surface area contributed by atoms with Gasteiger partial charge in [0, 0.05) is 23.1 Å². The zero-order chi connectivity index (χ0) is 24.5. The van der Waals surface area contributed by atoms with Gasteiger partial charge in [-0.3, -0.25) is 0 Å². The molecule has 1 unspecified atom stereocenters. The number of thioether (sulfide) groups is 1. The molecule has 9 nitrogen and oxygen atoms in total. The summed E-state index contributed by atoms with van der Waals surface area (Å²) in [7, 11) is 0. The standard InChI is InChI=1S/C23H26F2N6O3S/c1-2-5-35-22-27-20(26-15-7-11(15)10-3-4-13(24)14(25)6-10)16-21(28-22)31(30-29-16)17-12-8-23(12,9-32)19(34)18(17)33/h3-4,6,11-12,15,17-19,32-34H,2,5,7-9H2,1H3,(H,26,27,28)/t11-,12+,15+,17+,18-,19?,23+/m0/s1. The number of hydrogen-bond acceptors (Lipinski definition) is 9. The van der Waals surface area contributed by atoms with Gasteiger partial charge in [0.1, 0.15) is 6.10 Å². The highest BCUT2D eigenvalue weighted by molar-refractivity contribution is 7.99. The molecule has 2 aromatic heterocycles. The van der Waals surface area contributed by atoms with Gasteiger partial charge in [0.15, 0.2) is 33.8 Å². The number of anilines is 1. The zero-order valence-electron chi connectivity index (χ0n) is 19.0. The smallest absolute Gasteiger partial charge is 0.191 e. The van der Waals surface area contributed by atoms with Crippen LogP contribution in [0.25, 0.3) is 11.2 Å². The number of aliphatic hydroxyl groups is 3. The van der Waals surface area contributed by atoms with Gasteiger partial charge in [-0.15, -0.1) is 5.10 Å². The molecule has 0 bridgehead atoms. The molecule has 0 radical (unpaired) electrons. The maximum atomic E-state index is 13.7. The number of halogens is 2. The molecule has 0 saturated heterocycles. The van der Waals surface area contributed by atoms with E-state index in [1.807, 2.05) is 0 Å². The Bertz CT molecular complexity index is 1290. The van der Waals surface area contributed by atoms with Crippen LogP contribution in [-0.4, -0.2) is 70.9 Å². The molecule has 1 aromatic carbocycles. The third-order valence-corrected chi connectivity index (χ3v) is 8.71. The van der Waals surface area contributed by atoms with Gasteiger partial charge in [-0.2, -0.15) is 0 Å². The second kappa shape index (κ2) is 8.32. The van der Waals surface area contributed by atoms with Gasteiger partial charge in [0.25, 0.3) is 0 Å². The van der Waals surface area contributed by atoms with Crippen LogP contribution in [0.5, 0.6) is 0 Å². The predicted octanol–water partition coefficient (Wildman–Crippen LogP) is 2.24. The average Bonchev–Trinajstić information content (AvgIpc) is 3.72. The molecule has 2 heterocycles. The largest absolute Gasteiger partial charge is 0.396 e. The predicted molar refractivity (Wildman–Crippen MR) is 124 cm³/mol. The van der Waals surface area contributed by atoms with Gasteiger partial charge in [0.2, 0.25) is 0 Å². The molecular formula is C23H26F2N6O3S. The van der Waals surface area contributed by atoms with Crippen molar-refractivity contribution in [1.29, 1.82) is 0 Å². The summed E-state index contributed by atoms with van der Waals surface area (Å²) < 4.78 is 28.6. The van der Waals surface area contributed by atoms with Crippen molar-refractivity contribution in [2.24, 2.45) is 11.3 Å². The van der Waals surface area contributed by atoms with Crippen molar-refractivity contribution in [2.75, 3.05) is 17.7 Å². The van der Waals surface area contributed by atoms with E-state index in [0.29, 0.717) is 34.1 Å². The Morgan fingerprint density at radius 2 is 2.06 bits per heavy atom. The lowest BCUT2D eigenvalue weighted by Crippen LogP contribution is -2.36. The van der Waals surface area contributed by atoms with Crippen molar-refractivity contribution in [3.05, 3.63) is 35.4 Å². The number of nitrogens with one attached hydrogen (secondary N) is 1. The summed E-state index contributed by atoms with van der Waals surface area (Å²) in [6.07, 6.45) is 0.126. The number of aromatic nitrogens is 5. The van der Waals surface area contributed by atoms with Crippen molar-refractivity contribution >= 4 is 28.7 Å². The molecule has 35 heavy (non-hydrogen) atoms. The zero-order valence-corrected chi connectivity index (χ0v) is 19.8. The van der Waals surface area contributed by atoms with Gasteiger partial charge < -0.3 is 20.6 Å². The summed E-state index contributed by atoms with van der Waals surface area (Å²) in [5, 5.41) is 43.6. The fraction of sp³-hybridized carbons (Fsp3) is 0.565. The van der Waals surface area contributed by atoms with E-state index in [1.165, 1.54) is 17.8 Å². The molecule has 3 aromatic rings. The van der Waals surface area contributed by atoms with Gasteiger partial charge in [0.05, 0.1) is 18.8 Å². The van der Waals surface area contributed by atoms with E-state index < -0.39 is 35.3 Å². The average molecular weight is 505 g/mol. The number of hydrogen-bond donors (Lipinski definition) is 4. The first kappa shape index (κ1) is 23.0. The molecular weight excluding hydrogens is 478 g/mol. The fourth-order valence-electron chi connectivity index (χ4n) is 5.52. The van der Waals surface area contributed by atoms with E-state index in [0.717, 1.165) is 24.7 Å². The molecule has 0 spiro atoms. The summed E-state index contributed by atoms with van der Waals surface area (Å²) in [6, 6.07) is 3.38. The highest BCUT2D eigenvalue weighted by Gasteiger charge is 2.71. The van der Waals surface area contributed by atoms with Crippen LogP contribution in [0.4, 0.5) is 14.6 Å². The summed E-state index contributed by atoms with van der Waals surface area (Å²) in [5.74, 6) is -0.538. The SMILES string of the molecule is CCCSc1nc(N[C@@H]2C[C@H]2c2ccc(F)c(F)c2)c2nnn([C@H]3[C@H](O)C(O)[C@@]4(CO)C[C@H]34)c2n1. The first-order valence-electron chi connectivity index (χ1n) is 11.8. The first-order chi connectivity index (χ1) is 16.9. The quantitative estimate of drug-likeness (QED) is 0.270. The highest BCUT2D eigenvalue weighted by atomic mass is 32.2. The Morgan fingerprint density at radius 1 is 1.23 bits per heavy atom. The van der Waals surface area contributed by atoms with E-state index in [1.54, 1.807) is 10.7 Å². The molecule has 0 aliphatic heterocycles. The summed E-state index contributed by atoms with van der Waals surface area (Å²) in [4.78, 5) is 9.32. The highest BCUT2D eigenvalue weighted by Crippen LogP contribution is 2.67. The first-order valence-corrected chi connectivity index (χ1v) is 12.8. The Labute approximate surface area is 204 Å². The Hall–Kier alpha value is -2.41. The van der Waals surface area contributed by atoms with Crippen molar-refractivity contribution in [2.45, 2.75) is 61.6 Å². The van der Waals surface area contributed by atoms with E-state index in [9.17, 15) is 24.1 Å². The number of benzene rings is 1. The number of aliphatic hydroxyl groups excluding tert-OH is 3. The lowest BCUT2D eigenvalue weighted by atomic mass is 10.0. The van der Waals surface area contributed by atoms with Crippen LogP contribution < -0.4 is 5.32 Å². The molecule has 3 fully saturated rings. The van der Waals surface area contributed by atoms with Crippen molar-refractivity contribution in [1.82, 2.24) is 25.0 Å². The molecule has 3 aliphatic carbocycles. The van der Waals surface area contributed by atoms with Crippen LogP contribution in [-0.2, 0) is 0 Å². The van der Waals surface area contributed by atoms with E-state index in [-0.39, 0.29) is 24.5 Å². The Balaban J connectivity index is 1.33. The number of nitrogens with zero attached hydrogens (tertiary/aromatic N) is 5. The van der Waals surface area contributed by atoms with Gasteiger partial charge >= 0.3 is 0 Å². The fourth-order valence-corrected chi connectivity index (χ4v) is 6.21. The van der Waals surface area contributed by atoms with Crippen LogP contribution in [0.3, 0.4) is 0 Å². The van der Waals surface area contributed by atoms with Crippen LogP contribution in [0.15, 0.2) is 23.4 Å². The molecule has 12 heteroatoms. The van der Waals surface area contributed by atoms with E-state index in [2.05, 4.69) is 32.5 Å². The van der Waals surface area contributed by atoms with Crippen LogP contribution in [0.2, 0.25) is 0 Å². The minimum atomic E-state index is -1.09. The summed E-state index contributed by atoms with van der Waals surface area (Å²) in [6.45, 7) is 1.86. The summed E-state index contributed by atoms with van der Waals surface area (Å²) >= 11 is 1.49. The van der Waals surface area contributed by atoms with Gasteiger partial charge in [-0.05, 0) is 42.9 Å². The molecule has 3 aliphatic rings. The maximum absolute atomic E-state index is 13.7. The molecule has 7 atom stereocenters. The molecule has 3 saturated carbocycles. The number of fused-ring (bicyclic) bond motifs is 2. The molecule has 4 N–H and O–H groups in total. The third-order valence-electron chi connectivity index (χ3n) is 7.65. The third kappa shape index (κ3) is 3.61. The molecule has 186 valence electrons. The van der Waals surface area contributed by atoms with E-state index in [4.69, 9.17) is 0 Å². The van der Waals surface area contributed by atoms with Gasteiger partial charge in [-0.25, -0.2) is 23.4 Å². The van der Waals surface area contributed by atoms with Crippen molar-refractivity contribution in [3.63, 3.8) is 0 Å². The van der Waals surface area contributed by atoms with Crippen molar-refractivity contribution < 1.29 is 24.1 Å². The van der Waals surface area contributed by atoms with Crippen LogP contribution in [0.1, 0.15) is 43.7 Å². The van der Waals surface area contributed by atoms with E-state index >= 15 is 0 Å². The van der Waals surface area contributed by atoms with Crippen LogP contribution >= 0.6 is 11.8 Å². The molecule has 0 amide bonds. The Morgan fingerprint density at radius 3 is 2.77 bits per heavy atom. The minimum Gasteiger partial charge on any atom is -0.396 e. The normalized spacial score (nSPS) is 33.2. The minimum absolute atomic E-state index is 0.0142. The lowest BCUT2D eigenvalue weighted by molar-refractivity contribution is -0.0315. The molecule has 6 rings (SSSR count). The second-order valence-corrected chi connectivity index (χ2v) is 10.9. The van der Waals surface area contributed by atoms with Crippen molar-refractivity contribution in [3.8, 4) is 0 Å². The number of rotatable bonds is 8. The summed E-state index contributed by atoms with van der Waals surface area (Å²) in [5.41, 5.74) is 0.892.